The van der Waals surface area contributed by atoms with Crippen LogP contribution in [0.25, 0.3) is 22.2 Å². The van der Waals surface area contributed by atoms with Gasteiger partial charge in [-0.25, -0.2) is 0 Å². The molecule has 0 radical (unpaired) electrons. The van der Waals surface area contributed by atoms with Crippen molar-refractivity contribution >= 4 is 39.6 Å². The smallest absolute Gasteiger partial charge is 0.260 e. The van der Waals surface area contributed by atoms with Gasteiger partial charge in [0.25, 0.3) is 5.89 Å². The molecule has 0 amide bonds. The summed E-state index contributed by atoms with van der Waals surface area (Å²) < 4.78 is 6.35. The molecule has 0 aliphatic rings. The molecule has 0 saturated heterocycles. The molecule has 1 aromatic carbocycles. The van der Waals surface area contributed by atoms with Gasteiger partial charge < -0.3 is 10.3 Å². The number of halogens is 1. The van der Waals surface area contributed by atoms with E-state index in [4.69, 9.17) is 10.3 Å². The Kier molecular flexibility index (Phi) is 3.04. The molecule has 3 rings (SSSR count). The first-order chi connectivity index (χ1) is 8.74. The van der Waals surface area contributed by atoms with Gasteiger partial charge >= 0.3 is 0 Å². The van der Waals surface area contributed by atoms with Gasteiger partial charge in [-0.3, -0.25) is 0 Å². The third kappa shape index (κ3) is 2.13. The predicted molar refractivity (Wildman–Crippen MR) is 80.2 cm³/mol. The fourth-order valence-electron chi connectivity index (χ4n) is 1.55. The number of rotatable bonds is 2. The summed E-state index contributed by atoms with van der Waals surface area (Å²) >= 11 is 3.80. The lowest BCUT2D eigenvalue weighted by molar-refractivity contribution is 0.432. The number of anilines is 1. The number of nitrogen functional groups attached to an aromatic ring is 1. The van der Waals surface area contributed by atoms with Gasteiger partial charge in [0.2, 0.25) is 5.82 Å². The first-order valence-corrected chi connectivity index (χ1v) is 7.13. The number of nitrogens with zero attached hydrogens (tertiary/aromatic N) is 2. The highest BCUT2D eigenvalue weighted by Crippen LogP contribution is 2.29. The van der Waals surface area contributed by atoms with Crippen molar-refractivity contribution in [3.63, 3.8) is 0 Å². The summed E-state index contributed by atoms with van der Waals surface area (Å²) in [6.07, 6.45) is 0. The van der Waals surface area contributed by atoms with Gasteiger partial charge in [-0.1, -0.05) is 11.2 Å². The third-order valence-electron chi connectivity index (χ3n) is 2.41. The van der Waals surface area contributed by atoms with Crippen LogP contribution in [-0.4, -0.2) is 10.1 Å². The zero-order valence-corrected chi connectivity index (χ0v) is 12.1. The van der Waals surface area contributed by atoms with Crippen LogP contribution >= 0.6 is 33.9 Å². The largest absolute Gasteiger partial charge is 0.398 e. The van der Waals surface area contributed by atoms with Crippen LogP contribution in [0.3, 0.4) is 0 Å². The van der Waals surface area contributed by atoms with E-state index in [9.17, 15) is 0 Å². The lowest BCUT2D eigenvalue weighted by atomic mass is 10.2. The summed E-state index contributed by atoms with van der Waals surface area (Å²) in [7, 11) is 0. The minimum absolute atomic E-state index is 0.453. The Labute approximate surface area is 121 Å². The Morgan fingerprint density at radius 2 is 2.17 bits per heavy atom. The maximum absolute atomic E-state index is 5.92. The Bertz CT molecular complexity index is 678. The zero-order valence-electron chi connectivity index (χ0n) is 9.13. The molecule has 0 saturated carbocycles. The third-order valence-corrected chi connectivity index (χ3v) is 3.95. The van der Waals surface area contributed by atoms with Crippen LogP contribution < -0.4 is 5.73 Å². The summed E-state index contributed by atoms with van der Waals surface area (Å²) in [6, 6.07) is 9.62. The van der Waals surface area contributed by atoms with Crippen molar-refractivity contribution < 1.29 is 4.52 Å². The average Bonchev–Trinajstić information content (AvgIpc) is 3.00. The number of nitrogens with two attached hydrogens (primary N) is 1. The van der Waals surface area contributed by atoms with Crippen LogP contribution in [0.15, 0.2) is 40.2 Å². The maximum atomic E-state index is 5.92. The quantitative estimate of drug-likeness (QED) is 0.553. The molecular weight excluding hydrogens is 361 g/mol. The van der Waals surface area contributed by atoms with Crippen molar-refractivity contribution in [2.24, 2.45) is 0 Å². The molecule has 90 valence electrons. The van der Waals surface area contributed by atoms with Crippen molar-refractivity contribution in [3.8, 4) is 22.2 Å². The van der Waals surface area contributed by atoms with Gasteiger partial charge in [0.05, 0.1) is 10.4 Å². The number of aromatic nitrogens is 2. The second-order valence-corrected chi connectivity index (χ2v) is 5.83. The van der Waals surface area contributed by atoms with Gasteiger partial charge in [-0.15, -0.1) is 11.3 Å². The number of benzene rings is 1. The molecule has 18 heavy (non-hydrogen) atoms. The van der Waals surface area contributed by atoms with Crippen molar-refractivity contribution in [3.05, 3.63) is 39.3 Å². The Morgan fingerprint density at radius 1 is 1.28 bits per heavy atom. The maximum Gasteiger partial charge on any atom is 0.260 e. The molecule has 0 fully saturated rings. The van der Waals surface area contributed by atoms with E-state index < -0.39 is 0 Å². The highest BCUT2D eigenvalue weighted by Gasteiger charge is 2.13. The van der Waals surface area contributed by atoms with Crippen LogP contribution in [0, 0.1) is 3.57 Å². The summed E-state index contributed by atoms with van der Waals surface area (Å²) in [5.41, 5.74) is 7.33. The SMILES string of the molecule is Nc1ccc(I)cc1-c1nc(-c2cccs2)no1. The molecule has 0 atom stereocenters. The van der Waals surface area contributed by atoms with Gasteiger partial charge in [0.15, 0.2) is 0 Å². The zero-order chi connectivity index (χ0) is 12.5. The van der Waals surface area contributed by atoms with E-state index in [1.165, 1.54) is 0 Å². The molecule has 3 aromatic rings. The van der Waals surface area contributed by atoms with E-state index in [2.05, 4.69) is 32.7 Å². The van der Waals surface area contributed by atoms with Crippen LogP contribution in [0.5, 0.6) is 0 Å². The molecule has 0 aliphatic carbocycles. The summed E-state index contributed by atoms with van der Waals surface area (Å²) in [4.78, 5) is 5.35. The normalized spacial score (nSPS) is 10.7. The van der Waals surface area contributed by atoms with E-state index in [0.29, 0.717) is 17.4 Å². The lowest BCUT2D eigenvalue weighted by Crippen LogP contribution is -1.90. The minimum Gasteiger partial charge on any atom is -0.398 e. The van der Waals surface area contributed by atoms with Gasteiger partial charge in [-0.2, -0.15) is 4.98 Å². The van der Waals surface area contributed by atoms with Crippen LogP contribution in [0.4, 0.5) is 5.69 Å². The fraction of sp³-hybridized carbons (Fsp3) is 0. The van der Waals surface area contributed by atoms with Crippen molar-refractivity contribution in [1.82, 2.24) is 10.1 Å². The highest BCUT2D eigenvalue weighted by molar-refractivity contribution is 14.1. The van der Waals surface area contributed by atoms with Gasteiger partial charge in [-0.05, 0) is 52.2 Å². The van der Waals surface area contributed by atoms with Gasteiger partial charge in [0.1, 0.15) is 0 Å². The second kappa shape index (κ2) is 4.69. The fourth-order valence-corrected chi connectivity index (χ4v) is 2.69. The van der Waals surface area contributed by atoms with E-state index in [1.54, 1.807) is 11.3 Å². The molecule has 2 N–H and O–H groups in total. The van der Waals surface area contributed by atoms with E-state index in [0.717, 1.165) is 14.0 Å². The van der Waals surface area contributed by atoms with Crippen molar-refractivity contribution in [2.75, 3.05) is 5.73 Å². The number of hydrogen-bond acceptors (Lipinski definition) is 5. The van der Waals surface area contributed by atoms with E-state index >= 15 is 0 Å². The average molecular weight is 369 g/mol. The predicted octanol–water partition coefficient (Wildman–Crippen LogP) is 3.65. The topological polar surface area (TPSA) is 64.9 Å². The molecule has 2 aromatic heterocycles. The van der Waals surface area contributed by atoms with Crippen LogP contribution in [-0.2, 0) is 0 Å². The Hall–Kier alpha value is -1.41. The second-order valence-electron chi connectivity index (χ2n) is 3.63. The molecule has 0 bridgehead atoms. The minimum atomic E-state index is 0.453. The monoisotopic (exact) mass is 369 g/mol. The summed E-state index contributed by atoms with van der Waals surface area (Å²) in [5, 5.41) is 5.95. The molecule has 0 unspecified atom stereocenters. The highest BCUT2D eigenvalue weighted by atomic mass is 127. The van der Waals surface area contributed by atoms with Crippen LogP contribution in [0.2, 0.25) is 0 Å². The van der Waals surface area contributed by atoms with Crippen LogP contribution in [0.1, 0.15) is 0 Å². The molecular formula is C12H8IN3OS. The summed E-state index contributed by atoms with van der Waals surface area (Å²) in [5.74, 6) is 1.05. The number of thiophene rings is 1. The van der Waals surface area contributed by atoms with Crippen molar-refractivity contribution in [2.45, 2.75) is 0 Å². The standard InChI is InChI=1S/C12H8IN3OS/c13-7-3-4-9(14)8(6-7)12-15-11(16-17-12)10-2-1-5-18-10/h1-6H,14H2. The molecule has 0 spiro atoms. The van der Waals surface area contributed by atoms with Crippen molar-refractivity contribution in [1.29, 1.82) is 0 Å². The first-order valence-electron chi connectivity index (χ1n) is 5.17. The lowest BCUT2D eigenvalue weighted by Gasteiger charge is -2.00. The van der Waals surface area contributed by atoms with Gasteiger partial charge in [0, 0.05) is 9.26 Å². The Morgan fingerprint density at radius 3 is 2.94 bits per heavy atom. The number of hydrogen-bond donors (Lipinski definition) is 1. The molecule has 2 heterocycles. The molecule has 0 aliphatic heterocycles. The molecule has 6 heteroatoms. The van der Waals surface area contributed by atoms with E-state index in [-0.39, 0.29) is 0 Å². The Balaban J connectivity index is 2.05. The molecule has 4 nitrogen and oxygen atoms in total. The van der Waals surface area contributed by atoms with E-state index in [1.807, 2.05) is 35.7 Å². The first kappa shape index (κ1) is 11.7. The summed E-state index contributed by atoms with van der Waals surface area (Å²) in [6.45, 7) is 0.